The van der Waals surface area contributed by atoms with Gasteiger partial charge in [0.15, 0.2) is 11.5 Å². The van der Waals surface area contributed by atoms with Gasteiger partial charge in [-0.05, 0) is 36.8 Å². The minimum Gasteiger partial charge on any atom is -0.380 e. The fraction of sp³-hybridized carbons (Fsp3) is 0.250. The van der Waals surface area contributed by atoms with Gasteiger partial charge in [-0.2, -0.15) is 5.10 Å². The Hall–Kier alpha value is -3.65. The van der Waals surface area contributed by atoms with Crippen molar-refractivity contribution in [2.75, 3.05) is 31.2 Å². The van der Waals surface area contributed by atoms with Crippen molar-refractivity contribution in [3.63, 3.8) is 0 Å². The molecule has 0 bridgehead atoms. The van der Waals surface area contributed by atoms with E-state index in [9.17, 15) is 4.79 Å². The van der Waals surface area contributed by atoms with Crippen LogP contribution in [-0.2, 0) is 4.74 Å². The first-order valence-electron chi connectivity index (χ1n) is 10.5. The second kappa shape index (κ2) is 10.1. The maximum Gasteiger partial charge on any atom is 0.209 e. The van der Waals surface area contributed by atoms with Crippen LogP contribution < -0.4 is 10.3 Å². The molecule has 0 aliphatic carbocycles. The normalized spacial score (nSPS) is 14.8. The van der Waals surface area contributed by atoms with E-state index >= 15 is 4.39 Å². The van der Waals surface area contributed by atoms with Crippen molar-refractivity contribution in [2.24, 2.45) is 4.99 Å². The number of hydrogen-bond donors (Lipinski definition) is 1. The van der Waals surface area contributed by atoms with Crippen LogP contribution in [-0.4, -0.2) is 48.0 Å². The molecule has 0 amide bonds. The summed E-state index contributed by atoms with van der Waals surface area (Å²) in [6.07, 6.45) is 3.64. The molecule has 0 unspecified atom stereocenters. The Kier molecular flexibility index (Phi) is 6.81. The Morgan fingerprint density at radius 2 is 2.00 bits per heavy atom. The SMILES string of the molecule is N=CCC(=Nc1ccccc1)c1nn(-c2ccc(N3CCCOCC3)cc2F)ccc1=O. The molecule has 2 aromatic carbocycles. The minimum absolute atomic E-state index is 0.0907. The predicted octanol–water partition coefficient (Wildman–Crippen LogP) is 3.76. The molecule has 0 radical (unpaired) electrons. The number of rotatable bonds is 6. The van der Waals surface area contributed by atoms with Gasteiger partial charge in [0.05, 0.1) is 18.0 Å². The standard InChI is InChI=1S/C24H24FN5O2/c25-20-17-19(29-12-4-15-32-16-14-29)7-8-22(20)30-13-10-23(31)24(28-30)21(9-11-26)27-18-5-2-1-3-6-18/h1-3,5-8,10-11,13,17,26H,4,9,12,14-16H2. The Balaban J connectivity index is 1.69. The number of nitrogens with one attached hydrogen (secondary N) is 1. The Labute approximate surface area is 185 Å². The molecule has 1 aromatic heterocycles. The molecule has 0 spiro atoms. The summed E-state index contributed by atoms with van der Waals surface area (Å²) in [4.78, 5) is 19.1. The van der Waals surface area contributed by atoms with E-state index in [4.69, 9.17) is 10.1 Å². The van der Waals surface area contributed by atoms with Gasteiger partial charge in [-0.25, -0.2) is 9.07 Å². The highest BCUT2D eigenvalue weighted by Crippen LogP contribution is 2.22. The summed E-state index contributed by atoms with van der Waals surface area (Å²) in [6, 6.07) is 15.5. The van der Waals surface area contributed by atoms with Crippen LogP contribution in [0.3, 0.4) is 0 Å². The van der Waals surface area contributed by atoms with Gasteiger partial charge >= 0.3 is 0 Å². The van der Waals surface area contributed by atoms with Gasteiger partial charge in [0, 0.05) is 50.3 Å². The number of anilines is 1. The Bertz CT molecular complexity index is 1170. The molecule has 8 heteroatoms. The topological polar surface area (TPSA) is 83.6 Å². The number of ether oxygens (including phenoxy) is 1. The van der Waals surface area contributed by atoms with Crippen molar-refractivity contribution in [1.29, 1.82) is 5.41 Å². The van der Waals surface area contributed by atoms with Crippen LogP contribution in [0.5, 0.6) is 0 Å². The van der Waals surface area contributed by atoms with Gasteiger partial charge in [0.1, 0.15) is 5.69 Å². The molecule has 164 valence electrons. The van der Waals surface area contributed by atoms with Gasteiger partial charge in [-0.3, -0.25) is 9.79 Å². The molecule has 32 heavy (non-hydrogen) atoms. The van der Waals surface area contributed by atoms with Gasteiger partial charge in [-0.1, -0.05) is 18.2 Å². The van der Waals surface area contributed by atoms with Gasteiger partial charge in [0.25, 0.3) is 0 Å². The van der Waals surface area contributed by atoms with Crippen LogP contribution in [0.2, 0.25) is 0 Å². The molecule has 1 fully saturated rings. The van der Waals surface area contributed by atoms with E-state index in [1.54, 1.807) is 18.2 Å². The molecule has 7 nitrogen and oxygen atoms in total. The summed E-state index contributed by atoms with van der Waals surface area (Å²) in [6.45, 7) is 2.85. The van der Waals surface area contributed by atoms with Crippen LogP contribution in [0.25, 0.3) is 5.69 Å². The van der Waals surface area contributed by atoms with E-state index in [2.05, 4.69) is 15.0 Å². The molecule has 1 saturated heterocycles. The van der Waals surface area contributed by atoms with Gasteiger partial charge in [0.2, 0.25) is 5.43 Å². The van der Waals surface area contributed by atoms with Crippen LogP contribution in [0.15, 0.2) is 70.6 Å². The smallest absolute Gasteiger partial charge is 0.209 e. The van der Waals surface area contributed by atoms with Gasteiger partial charge < -0.3 is 15.0 Å². The third kappa shape index (κ3) is 4.97. The average Bonchev–Trinajstić information content (AvgIpc) is 3.10. The third-order valence-corrected chi connectivity index (χ3v) is 5.16. The molecule has 1 N–H and O–H groups in total. The summed E-state index contributed by atoms with van der Waals surface area (Å²) in [7, 11) is 0. The average molecular weight is 433 g/mol. The van der Waals surface area contributed by atoms with E-state index < -0.39 is 5.82 Å². The maximum absolute atomic E-state index is 15.1. The van der Waals surface area contributed by atoms with Crippen LogP contribution in [0, 0.1) is 11.2 Å². The zero-order valence-electron chi connectivity index (χ0n) is 17.6. The molecule has 3 aromatic rings. The van der Waals surface area contributed by atoms with Crippen molar-refractivity contribution < 1.29 is 9.13 Å². The largest absolute Gasteiger partial charge is 0.380 e. The van der Waals surface area contributed by atoms with E-state index in [1.807, 2.05) is 24.3 Å². The Morgan fingerprint density at radius 3 is 2.78 bits per heavy atom. The van der Waals surface area contributed by atoms with E-state index in [0.29, 0.717) is 31.2 Å². The molecular formula is C24H24FN5O2. The lowest BCUT2D eigenvalue weighted by Crippen LogP contribution is -2.26. The summed E-state index contributed by atoms with van der Waals surface area (Å²) >= 11 is 0. The highest BCUT2D eigenvalue weighted by molar-refractivity contribution is 6.06. The first-order valence-corrected chi connectivity index (χ1v) is 10.5. The second-order valence-electron chi connectivity index (χ2n) is 7.36. The fourth-order valence-corrected chi connectivity index (χ4v) is 3.57. The van der Waals surface area contributed by atoms with Crippen molar-refractivity contribution in [2.45, 2.75) is 12.8 Å². The maximum atomic E-state index is 15.1. The number of aliphatic imine (C=N–C) groups is 1. The molecular weight excluding hydrogens is 409 g/mol. The van der Waals surface area contributed by atoms with Crippen LogP contribution in [0.1, 0.15) is 18.5 Å². The predicted molar refractivity (Wildman–Crippen MR) is 123 cm³/mol. The minimum atomic E-state index is -0.441. The lowest BCUT2D eigenvalue weighted by molar-refractivity contribution is 0.152. The summed E-state index contributed by atoms with van der Waals surface area (Å²) in [5.74, 6) is -0.441. The Morgan fingerprint density at radius 1 is 1.16 bits per heavy atom. The number of benzene rings is 2. The van der Waals surface area contributed by atoms with Crippen LogP contribution >= 0.6 is 0 Å². The highest BCUT2D eigenvalue weighted by Gasteiger charge is 2.15. The summed E-state index contributed by atoms with van der Waals surface area (Å²) < 4.78 is 21.9. The quantitative estimate of drug-likeness (QED) is 0.600. The summed E-state index contributed by atoms with van der Waals surface area (Å²) in [5, 5.41) is 11.9. The number of nitrogens with zero attached hydrogens (tertiary/aromatic N) is 4. The number of aromatic nitrogens is 2. The van der Waals surface area contributed by atoms with E-state index in [-0.39, 0.29) is 23.2 Å². The molecule has 0 saturated carbocycles. The molecule has 0 atom stereocenters. The second-order valence-corrected chi connectivity index (χ2v) is 7.36. The molecule has 1 aliphatic heterocycles. The first kappa shape index (κ1) is 21.6. The number of para-hydroxylation sites is 1. The number of hydrogen-bond acceptors (Lipinski definition) is 6. The third-order valence-electron chi connectivity index (χ3n) is 5.16. The van der Waals surface area contributed by atoms with Crippen LogP contribution in [0.4, 0.5) is 15.8 Å². The van der Waals surface area contributed by atoms with Crippen molar-refractivity contribution in [1.82, 2.24) is 9.78 Å². The lowest BCUT2D eigenvalue weighted by atomic mass is 10.2. The zero-order valence-corrected chi connectivity index (χ0v) is 17.6. The van der Waals surface area contributed by atoms with Gasteiger partial charge in [-0.15, -0.1) is 0 Å². The molecule has 4 rings (SSSR count). The van der Waals surface area contributed by atoms with E-state index in [1.165, 1.54) is 29.2 Å². The van der Waals surface area contributed by atoms with E-state index in [0.717, 1.165) is 18.7 Å². The number of halogens is 1. The monoisotopic (exact) mass is 433 g/mol. The molecule has 2 heterocycles. The molecule has 1 aliphatic rings. The fourth-order valence-electron chi connectivity index (χ4n) is 3.57. The van der Waals surface area contributed by atoms with Crippen molar-refractivity contribution in [3.05, 3.63) is 82.5 Å². The van der Waals surface area contributed by atoms with Crippen molar-refractivity contribution >= 4 is 23.3 Å². The lowest BCUT2D eigenvalue weighted by Gasteiger charge is -2.22. The summed E-state index contributed by atoms with van der Waals surface area (Å²) in [5.41, 5.74) is 1.78. The highest BCUT2D eigenvalue weighted by atomic mass is 19.1. The van der Waals surface area contributed by atoms with Crippen molar-refractivity contribution in [3.8, 4) is 5.69 Å². The first-order chi connectivity index (χ1) is 15.7. The zero-order chi connectivity index (χ0) is 22.3.